The zero-order valence-corrected chi connectivity index (χ0v) is 37.4. The number of rotatable bonds is 18. The van der Waals surface area contributed by atoms with Crippen molar-refractivity contribution >= 4 is 52.0 Å². The quantitative estimate of drug-likeness (QED) is 0.0194. The lowest BCUT2D eigenvalue weighted by Gasteiger charge is -2.24. The van der Waals surface area contributed by atoms with E-state index in [9.17, 15) is 52.7 Å². The highest BCUT2D eigenvalue weighted by atomic mass is 32.1. The van der Waals surface area contributed by atoms with E-state index in [2.05, 4.69) is 36.5 Å². The van der Waals surface area contributed by atoms with Crippen LogP contribution in [0.4, 0.5) is 64.1 Å². The van der Waals surface area contributed by atoms with Gasteiger partial charge in [0.1, 0.15) is 0 Å². The first-order valence-corrected chi connectivity index (χ1v) is 21.7. The van der Waals surface area contributed by atoms with Gasteiger partial charge in [-0.3, -0.25) is 15.2 Å². The third kappa shape index (κ3) is 17.8. The second kappa shape index (κ2) is 23.9. The van der Waals surface area contributed by atoms with E-state index in [-0.39, 0.29) is 35.4 Å². The summed E-state index contributed by atoms with van der Waals surface area (Å²) in [5.74, 6) is 0.537. The molecule has 4 rings (SSSR count). The van der Waals surface area contributed by atoms with Crippen molar-refractivity contribution < 1.29 is 57.3 Å². The Kier molecular flexibility index (Phi) is 19.3. The number of nitrogens with one attached hydrogen (secondary N) is 6. The molecule has 0 radical (unpaired) electrons. The van der Waals surface area contributed by atoms with Crippen LogP contribution in [0.1, 0.15) is 72.9 Å². The van der Waals surface area contributed by atoms with E-state index in [0.29, 0.717) is 56.2 Å². The molecule has 0 bridgehead atoms. The standard InChI is InChI=1S/C45H49F12N7S2/c1-3-5-17-64(18-6-4-2)39(58-27-37(19-29-13-9-7-10-14-29)62-40(65)60-35-23-31(42(46,47)48)21-32(24-35)43(49,50)51)59-28-38(20-30-15-11-8-12-16-30)63-41(66)61-36-25-33(44(52,53)54)22-34(26-36)45(55,56)57/h7-16,21-26,37-38H,3-6,17-20,27-28H2,1-2H3,(H5,58,59,60,61,62,63,65,66)/p+1/t37-,38-/m0/s1. The Labute approximate surface area is 385 Å². The molecule has 360 valence electrons. The molecule has 0 fully saturated rings. The number of benzene rings is 4. The molecule has 0 amide bonds. The zero-order chi connectivity index (χ0) is 48.7. The summed E-state index contributed by atoms with van der Waals surface area (Å²) >= 11 is 10.9. The molecule has 0 aliphatic carbocycles. The summed E-state index contributed by atoms with van der Waals surface area (Å²) in [6.45, 7) is 5.44. The van der Waals surface area contributed by atoms with Crippen LogP contribution in [0.15, 0.2) is 97.1 Å². The average Bonchev–Trinajstić information content (AvgIpc) is 3.23. The van der Waals surface area contributed by atoms with Gasteiger partial charge in [0.05, 0.1) is 60.5 Å². The lowest BCUT2D eigenvalue weighted by atomic mass is 10.1. The largest absolute Gasteiger partial charge is 0.416 e. The number of halogens is 12. The molecule has 4 aromatic carbocycles. The van der Waals surface area contributed by atoms with E-state index in [0.717, 1.165) is 36.8 Å². The van der Waals surface area contributed by atoms with Crippen molar-refractivity contribution in [3.63, 3.8) is 0 Å². The smallest absolute Gasteiger partial charge is 0.356 e. The van der Waals surface area contributed by atoms with E-state index in [4.69, 9.17) is 24.4 Å². The minimum atomic E-state index is -5.08. The summed E-state index contributed by atoms with van der Waals surface area (Å²) in [7, 11) is 0. The van der Waals surface area contributed by atoms with Gasteiger partial charge in [-0.25, -0.2) is 0 Å². The number of guanidine groups is 1. The van der Waals surface area contributed by atoms with Crippen LogP contribution in [0.5, 0.6) is 0 Å². The molecule has 0 aromatic heterocycles. The van der Waals surface area contributed by atoms with Crippen LogP contribution in [0.3, 0.4) is 0 Å². The molecular weight excluding hydrogens is 931 g/mol. The topological polar surface area (TPSA) is 75.2 Å². The molecule has 66 heavy (non-hydrogen) atoms. The van der Waals surface area contributed by atoms with Crippen LogP contribution in [-0.2, 0) is 37.5 Å². The number of hydrogen-bond acceptors (Lipinski definition) is 2. The summed E-state index contributed by atoms with van der Waals surface area (Å²) in [5, 5.41) is 17.4. The summed E-state index contributed by atoms with van der Waals surface area (Å²) in [5.41, 5.74) is -5.46. The van der Waals surface area contributed by atoms with Gasteiger partial charge < -0.3 is 21.3 Å². The molecule has 0 spiro atoms. The van der Waals surface area contributed by atoms with Crippen LogP contribution in [-0.4, -0.2) is 59.0 Å². The molecule has 0 heterocycles. The van der Waals surface area contributed by atoms with E-state index >= 15 is 0 Å². The Bertz CT molecular complexity index is 2000. The Morgan fingerprint density at radius 3 is 1.11 bits per heavy atom. The fourth-order valence-electron chi connectivity index (χ4n) is 6.66. The number of hydrogen-bond donors (Lipinski definition) is 6. The Hall–Kier alpha value is -5.31. The van der Waals surface area contributed by atoms with Crippen LogP contribution < -0.4 is 31.9 Å². The highest BCUT2D eigenvalue weighted by Gasteiger charge is 2.38. The van der Waals surface area contributed by atoms with Crippen molar-refractivity contribution in [2.24, 2.45) is 0 Å². The third-order valence-electron chi connectivity index (χ3n) is 9.92. The molecule has 7 nitrogen and oxygen atoms in total. The van der Waals surface area contributed by atoms with Gasteiger partial charge in [0.2, 0.25) is 0 Å². The molecule has 21 heteroatoms. The molecule has 6 N–H and O–H groups in total. The minimum absolute atomic E-state index is 0.0182. The fraction of sp³-hybridized carbons (Fsp3) is 0.400. The van der Waals surface area contributed by atoms with Gasteiger partial charge in [0.25, 0.3) is 0 Å². The predicted molar refractivity (Wildman–Crippen MR) is 240 cm³/mol. The van der Waals surface area contributed by atoms with Gasteiger partial charge in [-0.15, -0.1) is 0 Å². The van der Waals surface area contributed by atoms with Crippen LogP contribution >= 0.6 is 24.4 Å². The van der Waals surface area contributed by atoms with E-state index < -0.39 is 70.4 Å². The lowest BCUT2D eigenvalue weighted by Crippen LogP contribution is -2.55. The molecule has 0 aliphatic rings. The summed E-state index contributed by atoms with van der Waals surface area (Å²) < 4.78 is 166. The van der Waals surface area contributed by atoms with E-state index in [1.165, 1.54) is 0 Å². The van der Waals surface area contributed by atoms with Gasteiger partial charge >= 0.3 is 30.7 Å². The molecule has 2 atom stereocenters. The maximum absolute atomic E-state index is 13.6. The third-order valence-corrected chi connectivity index (χ3v) is 10.4. The van der Waals surface area contributed by atoms with Crippen molar-refractivity contribution in [1.29, 1.82) is 0 Å². The number of alkyl halides is 12. The SMILES string of the molecule is CCCC[N+](CCCC)=C(NC[C@H](Cc1ccccc1)NC(=S)Nc1cc(C(F)(F)F)cc(C(F)(F)F)c1)NC[C@H](Cc1ccccc1)NC(=S)Nc1cc(C(F)(F)F)cc(C(F)(F)F)c1. The summed E-state index contributed by atoms with van der Waals surface area (Å²) in [4.78, 5) is 0. The van der Waals surface area contributed by atoms with Crippen LogP contribution in [0.25, 0.3) is 0 Å². The second-order valence-corrected chi connectivity index (χ2v) is 16.2. The molecule has 0 unspecified atom stereocenters. The number of nitrogens with zero attached hydrogens (tertiary/aromatic N) is 1. The zero-order valence-electron chi connectivity index (χ0n) is 35.8. The van der Waals surface area contributed by atoms with Crippen molar-refractivity contribution in [2.75, 3.05) is 36.8 Å². The van der Waals surface area contributed by atoms with Crippen LogP contribution in [0, 0.1) is 0 Å². The van der Waals surface area contributed by atoms with E-state index in [1.807, 2.05) is 38.1 Å². The monoisotopic (exact) mass is 980 g/mol. The van der Waals surface area contributed by atoms with Crippen molar-refractivity contribution in [3.05, 3.63) is 130 Å². The van der Waals surface area contributed by atoms with Crippen molar-refractivity contribution in [1.82, 2.24) is 21.3 Å². The summed E-state index contributed by atoms with van der Waals surface area (Å²) in [6.07, 6.45) is -16.5. The van der Waals surface area contributed by atoms with Gasteiger partial charge in [-0.05, 0) is 97.6 Å². The maximum atomic E-state index is 13.6. The lowest BCUT2D eigenvalue weighted by molar-refractivity contribution is -0.533. The minimum Gasteiger partial charge on any atom is -0.356 e. The van der Waals surface area contributed by atoms with Crippen LogP contribution in [0.2, 0.25) is 0 Å². The van der Waals surface area contributed by atoms with Gasteiger partial charge in [-0.1, -0.05) is 87.4 Å². The molecule has 4 aromatic rings. The molecular formula is C45H50F12N7S2+. The molecule has 0 saturated heterocycles. The Balaban J connectivity index is 1.64. The van der Waals surface area contributed by atoms with Gasteiger partial charge in [0.15, 0.2) is 10.2 Å². The first-order chi connectivity index (χ1) is 30.9. The summed E-state index contributed by atoms with van der Waals surface area (Å²) in [6, 6.07) is 19.1. The van der Waals surface area contributed by atoms with E-state index in [1.54, 1.807) is 36.4 Å². The predicted octanol–water partition coefficient (Wildman–Crippen LogP) is 11.4. The fourth-order valence-corrected chi connectivity index (χ4v) is 7.23. The average molecular weight is 981 g/mol. The normalized spacial score (nSPS) is 13.0. The second-order valence-electron chi connectivity index (χ2n) is 15.4. The number of unbranched alkanes of at least 4 members (excludes halogenated alkanes) is 2. The highest BCUT2D eigenvalue weighted by Crippen LogP contribution is 2.39. The Morgan fingerprint density at radius 1 is 0.500 bits per heavy atom. The van der Waals surface area contributed by atoms with Crippen molar-refractivity contribution in [2.45, 2.75) is 89.2 Å². The van der Waals surface area contributed by atoms with Gasteiger partial charge in [-0.2, -0.15) is 52.7 Å². The number of anilines is 2. The number of thiocarbonyl (C=S) groups is 2. The Morgan fingerprint density at radius 2 is 0.818 bits per heavy atom. The first kappa shape index (κ1) is 53.3. The van der Waals surface area contributed by atoms with Gasteiger partial charge in [0, 0.05) is 11.4 Å². The highest BCUT2D eigenvalue weighted by molar-refractivity contribution is 7.80. The first-order valence-electron chi connectivity index (χ1n) is 20.9. The maximum Gasteiger partial charge on any atom is 0.416 e. The molecule has 0 saturated carbocycles. The van der Waals surface area contributed by atoms with Crippen molar-refractivity contribution in [3.8, 4) is 0 Å². The molecule has 0 aliphatic heterocycles.